The largest absolute Gasteiger partial charge is 0.308 e. The van der Waals surface area contributed by atoms with Crippen LogP contribution in [0.1, 0.15) is 37.6 Å². The van der Waals surface area contributed by atoms with Crippen LogP contribution in [0.3, 0.4) is 0 Å². The molecule has 0 fully saturated rings. The monoisotopic (exact) mass is 258 g/mol. The fraction of sp³-hybridized carbons (Fsp3) is 0.467. The summed E-state index contributed by atoms with van der Waals surface area (Å²) in [5.74, 6) is 0. The number of nitrogens with zero attached hydrogens (tertiary/aromatic N) is 3. The molecule has 0 aliphatic carbocycles. The van der Waals surface area contributed by atoms with Crippen molar-refractivity contribution in [3.63, 3.8) is 0 Å². The molecule has 0 amide bonds. The van der Waals surface area contributed by atoms with Crippen LogP contribution in [0, 0.1) is 0 Å². The maximum atomic E-state index is 4.57. The predicted molar refractivity (Wildman–Crippen MR) is 76.7 cm³/mol. The molecule has 2 aromatic heterocycles. The molecular weight excluding hydrogens is 236 g/mol. The van der Waals surface area contributed by atoms with E-state index in [1.165, 1.54) is 11.1 Å². The summed E-state index contributed by atoms with van der Waals surface area (Å²) in [6.45, 7) is 8.24. The molecular formula is C15H22N4. The summed E-state index contributed by atoms with van der Waals surface area (Å²) in [5, 5.41) is 8.02. The van der Waals surface area contributed by atoms with Crippen molar-refractivity contribution in [1.82, 2.24) is 20.1 Å². The van der Waals surface area contributed by atoms with Gasteiger partial charge in [0.2, 0.25) is 0 Å². The van der Waals surface area contributed by atoms with E-state index in [9.17, 15) is 0 Å². The summed E-state index contributed by atoms with van der Waals surface area (Å²) in [6, 6.07) is 4.04. The van der Waals surface area contributed by atoms with Gasteiger partial charge in [0.1, 0.15) is 0 Å². The fourth-order valence-electron chi connectivity index (χ4n) is 2.14. The van der Waals surface area contributed by atoms with Crippen LogP contribution in [0.15, 0.2) is 30.7 Å². The Morgan fingerprint density at radius 1 is 1.26 bits per heavy atom. The number of rotatable bonds is 4. The van der Waals surface area contributed by atoms with E-state index >= 15 is 0 Å². The SMILES string of the molecule is Cn1cc(CNCc2cccnc2)c(C(C)(C)C)n1. The van der Waals surface area contributed by atoms with Crippen LogP contribution < -0.4 is 5.32 Å². The molecule has 4 heteroatoms. The van der Waals surface area contributed by atoms with Crippen LogP contribution in [0.5, 0.6) is 0 Å². The number of nitrogens with one attached hydrogen (secondary N) is 1. The van der Waals surface area contributed by atoms with Gasteiger partial charge in [-0.1, -0.05) is 26.8 Å². The molecule has 0 radical (unpaired) electrons. The van der Waals surface area contributed by atoms with Crippen molar-refractivity contribution in [2.24, 2.45) is 7.05 Å². The highest BCUT2D eigenvalue weighted by Crippen LogP contribution is 2.23. The van der Waals surface area contributed by atoms with Gasteiger partial charge in [0, 0.05) is 49.7 Å². The Morgan fingerprint density at radius 3 is 2.68 bits per heavy atom. The minimum absolute atomic E-state index is 0.0760. The second-order valence-corrected chi connectivity index (χ2v) is 5.89. The average Bonchev–Trinajstić information content (AvgIpc) is 2.72. The highest BCUT2D eigenvalue weighted by molar-refractivity contribution is 5.24. The third kappa shape index (κ3) is 3.64. The lowest BCUT2D eigenvalue weighted by molar-refractivity contribution is 0.543. The molecule has 4 nitrogen and oxygen atoms in total. The maximum absolute atomic E-state index is 4.57. The van der Waals surface area contributed by atoms with Gasteiger partial charge in [-0.3, -0.25) is 9.67 Å². The summed E-state index contributed by atoms with van der Waals surface area (Å²) in [6.07, 6.45) is 5.78. The molecule has 0 spiro atoms. The van der Waals surface area contributed by atoms with E-state index in [0.717, 1.165) is 18.8 Å². The van der Waals surface area contributed by atoms with E-state index in [1.807, 2.05) is 24.0 Å². The predicted octanol–water partition coefficient (Wildman–Crippen LogP) is 2.40. The molecule has 0 aliphatic heterocycles. The Bertz CT molecular complexity index is 523. The summed E-state index contributed by atoms with van der Waals surface area (Å²) in [7, 11) is 1.97. The molecule has 0 saturated carbocycles. The first-order valence-corrected chi connectivity index (χ1v) is 6.59. The minimum atomic E-state index is 0.0760. The molecule has 0 bridgehead atoms. The van der Waals surface area contributed by atoms with Gasteiger partial charge >= 0.3 is 0 Å². The summed E-state index contributed by atoms with van der Waals surface area (Å²) in [4.78, 5) is 4.11. The van der Waals surface area contributed by atoms with Gasteiger partial charge in [0.25, 0.3) is 0 Å². The highest BCUT2D eigenvalue weighted by Gasteiger charge is 2.21. The van der Waals surface area contributed by atoms with Gasteiger partial charge < -0.3 is 5.32 Å². The van der Waals surface area contributed by atoms with Gasteiger partial charge in [-0.2, -0.15) is 5.10 Å². The lowest BCUT2D eigenvalue weighted by Crippen LogP contribution is -2.19. The second-order valence-electron chi connectivity index (χ2n) is 5.89. The van der Waals surface area contributed by atoms with E-state index in [0.29, 0.717) is 0 Å². The second kappa shape index (κ2) is 5.53. The summed E-state index contributed by atoms with van der Waals surface area (Å²) < 4.78 is 1.89. The van der Waals surface area contributed by atoms with Gasteiger partial charge in [-0.15, -0.1) is 0 Å². The fourth-order valence-corrected chi connectivity index (χ4v) is 2.14. The molecule has 0 aliphatic rings. The molecule has 2 aromatic rings. The van der Waals surface area contributed by atoms with Crippen molar-refractivity contribution < 1.29 is 0 Å². The van der Waals surface area contributed by atoms with E-state index in [1.54, 1.807) is 6.20 Å². The molecule has 1 N–H and O–H groups in total. The van der Waals surface area contributed by atoms with Crippen LogP contribution >= 0.6 is 0 Å². The normalized spacial score (nSPS) is 11.8. The van der Waals surface area contributed by atoms with Crippen LogP contribution in [0.25, 0.3) is 0 Å². The van der Waals surface area contributed by atoms with Crippen LogP contribution in [-0.2, 0) is 25.6 Å². The van der Waals surface area contributed by atoms with E-state index < -0.39 is 0 Å². The molecule has 0 unspecified atom stereocenters. The molecule has 0 aromatic carbocycles. The molecule has 2 heterocycles. The average molecular weight is 258 g/mol. The first-order chi connectivity index (χ1) is 8.97. The van der Waals surface area contributed by atoms with Gasteiger partial charge in [-0.05, 0) is 11.6 Å². The number of aryl methyl sites for hydroxylation is 1. The number of aromatic nitrogens is 3. The maximum Gasteiger partial charge on any atom is 0.0722 e. The smallest absolute Gasteiger partial charge is 0.0722 e. The Labute approximate surface area is 114 Å². The molecule has 2 rings (SSSR count). The van der Waals surface area contributed by atoms with Crippen molar-refractivity contribution >= 4 is 0 Å². The summed E-state index contributed by atoms with van der Waals surface area (Å²) in [5.41, 5.74) is 3.70. The van der Waals surface area contributed by atoms with E-state index in [-0.39, 0.29) is 5.41 Å². The van der Waals surface area contributed by atoms with Crippen molar-refractivity contribution in [1.29, 1.82) is 0 Å². The zero-order valence-electron chi connectivity index (χ0n) is 12.1. The Balaban J connectivity index is 2.00. The lowest BCUT2D eigenvalue weighted by Gasteiger charge is -2.17. The van der Waals surface area contributed by atoms with Crippen molar-refractivity contribution in [3.05, 3.63) is 47.5 Å². The third-order valence-corrected chi connectivity index (χ3v) is 2.98. The zero-order chi connectivity index (χ0) is 13.9. The summed E-state index contributed by atoms with van der Waals surface area (Å²) >= 11 is 0. The molecule has 19 heavy (non-hydrogen) atoms. The Kier molecular flexibility index (Phi) is 4.00. The van der Waals surface area contributed by atoms with E-state index in [2.05, 4.69) is 48.4 Å². The van der Waals surface area contributed by atoms with Crippen LogP contribution in [0.4, 0.5) is 0 Å². The van der Waals surface area contributed by atoms with Crippen LogP contribution in [-0.4, -0.2) is 14.8 Å². The van der Waals surface area contributed by atoms with Crippen LogP contribution in [0.2, 0.25) is 0 Å². The van der Waals surface area contributed by atoms with Gasteiger partial charge in [-0.25, -0.2) is 0 Å². The molecule has 102 valence electrons. The van der Waals surface area contributed by atoms with Gasteiger partial charge in [0.05, 0.1) is 5.69 Å². The van der Waals surface area contributed by atoms with Gasteiger partial charge in [0.15, 0.2) is 0 Å². The quantitative estimate of drug-likeness (QED) is 0.915. The molecule has 0 atom stereocenters. The molecule has 0 saturated heterocycles. The number of hydrogen-bond donors (Lipinski definition) is 1. The third-order valence-electron chi connectivity index (χ3n) is 2.98. The van der Waals surface area contributed by atoms with Crippen molar-refractivity contribution in [2.45, 2.75) is 39.3 Å². The standard InChI is InChI=1S/C15H22N4/c1-15(2,3)14-13(11-19(4)18-14)10-17-9-12-6-5-7-16-8-12/h5-8,11,17H,9-10H2,1-4H3. The Hall–Kier alpha value is -1.68. The first-order valence-electron chi connectivity index (χ1n) is 6.59. The topological polar surface area (TPSA) is 42.7 Å². The van der Waals surface area contributed by atoms with E-state index in [4.69, 9.17) is 0 Å². The number of hydrogen-bond acceptors (Lipinski definition) is 3. The number of pyridine rings is 1. The zero-order valence-corrected chi connectivity index (χ0v) is 12.1. The highest BCUT2D eigenvalue weighted by atomic mass is 15.3. The Morgan fingerprint density at radius 2 is 2.05 bits per heavy atom. The van der Waals surface area contributed by atoms with Crippen molar-refractivity contribution in [3.8, 4) is 0 Å². The first kappa shape index (κ1) is 13.7. The minimum Gasteiger partial charge on any atom is -0.308 e. The lowest BCUT2D eigenvalue weighted by atomic mass is 9.89. The van der Waals surface area contributed by atoms with Crippen molar-refractivity contribution in [2.75, 3.05) is 0 Å².